The van der Waals surface area contributed by atoms with Crippen molar-refractivity contribution in [2.24, 2.45) is 0 Å². The molecule has 0 saturated heterocycles. The summed E-state index contributed by atoms with van der Waals surface area (Å²) >= 11 is 0. The second kappa shape index (κ2) is 4.94. The fourth-order valence-corrected chi connectivity index (χ4v) is 1.08. The SMILES string of the molecule is CN(Cc1ccccc1)C(=O)C=[N+]=[N-]. The summed E-state index contributed by atoms with van der Waals surface area (Å²) in [5, 5.41) is 0. The van der Waals surface area contributed by atoms with Crippen molar-refractivity contribution in [3.05, 3.63) is 41.4 Å². The van der Waals surface area contributed by atoms with Crippen molar-refractivity contribution < 1.29 is 9.58 Å². The molecule has 0 aliphatic heterocycles. The minimum atomic E-state index is -0.323. The van der Waals surface area contributed by atoms with E-state index >= 15 is 0 Å². The summed E-state index contributed by atoms with van der Waals surface area (Å²) in [7, 11) is 1.65. The number of hydrogen-bond donors (Lipinski definition) is 0. The van der Waals surface area contributed by atoms with E-state index in [2.05, 4.69) is 4.79 Å². The lowest BCUT2D eigenvalue weighted by atomic mass is 10.2. The monoisotopic (exact) mass is 189 g/mol. The van der Waals surface area contributed by atoms with E-state index in [9.17, 15) is 4.79 Å². The summed E-state index contributed by atoms with van der Waals surface area (Å²) in [6, 6.07) is 9.60. The molecule has 0 heterocycles. The van der Waals surface area contributed by atoms with Crippen LogP contribution in [0.2, 0.25) is 0 Å². The molecule has 0 atom stereocenters. The van der Waals surface area contributed by atoms with Gasteiger partial charge in [0.05, 0.1) is 0 Å². The number of nitrogens with zero attached hydrogens (tertiary/aromatic N) is 3. The standard InChI is InChI=1S/C10H11N3O/c1-13(10(14)7-12-11)8-9-5-3-2-4-6-9/h2-7H,8H2,1H3. The van der Waals surface area contributed by atoms with E-state index in [0.29, 0.717) is 6.54 Å². The summed E-state index contributed by atoms with van der Waals surface area (Å²) < 4.78 is 0. The lowest BCUT2D eigenvalue weighted by molar-refractivity contribution is -0.126. The van der Waals surface area contributed by atoms with Crippen LogP contribution in [0.4, 0.5) is 0 Å². The Hall–Kier alpha value is -1.93. The maximum Gasteiger partial charge on any atom is 0.344 e. The Morgan fingerprint density at radius 3 is 2.71 bits per heavy atom. The summed E-state index contributed by atoms with van der Waals surface area (Å²) in [6.07, 6.45) is 0.878. The zero-order valence-corrected chi connectivity index (χ0v) is 7.92. The quantitative estimate of drug-likeness (QED) is 0.396. The van der Waals surface area contributed by atoms with Gasteiger partial charge in [0, 0.05) is 13.6 Å². The van der Waals surface area contributed by atoms with Crippen LogP contribution >= 0.6 is 0 Å². The number of hydrogen-bond acceptors (Lipinski definition) is 1. The Labute approximate surface area is 82.4 Å². The number of carbonyl (C=O) groups is 1. The van der Waals surface area contributed by atoms with Crippen molar-refractivity contribution in [2.75, 3.05) is 7.05 Å². The molecule has 0 spiro atoms. The molecule has 0 bridgehead atoms. The van der Waals surface area contributed by atoms with E-state index < -0.39 is 0 Å². The summed E-state index contributed by atoms with van der Waals surface area (Å²) in [6.45, 7) is 0.506. The van der Waals surface area contributed by atoms with Gasteiger partial charge in [-0.3, -0.25) is 4.79 Å². The van der Waals surface area contributed by atoms with Gasteiger partial charge in [0.2, 0.25) is 0 Å². The third kappa shape index (κ3) is 2.84. The molecular weight excluding hydrogens is 178 g/mol. The van der Waals surface area contributed by atoms with E-state index in [-0.39, 0.29) is 5.91 Å². The van der Waals surface area contributed by atoms with Gasteiger partial charge in [-0.1, -0.05) is 30.3 Å². The topological polar surface area (TPSA) is 56.7 Å². The minimum absolute atomic E-state index is 0.323. The zero-order chi connectivity index (χ0) is 10.4. The van der Waals surface area contributed by atoms with Gasteiger partial charge in [-0.15, -0.1) is 0 Å². The Bertz CT molecular complexity index is 355. The van der Waals surface area contributed by atoms with Crippen LogP contribution in [0.15, 0.2) is 30.3 Å². The van der Waals surface area contributed by atoms with Crippen molar-refractivity contribution in [1.29, 1.82) is 0 Å². The zero-order valence-electron chi connectivity index (χ0n) is 7.92. The molecule has 1 amide bonds. The second-order valence-electron chi connectivity index (χ2n) is 2.92. The molecule has 14 heavy (non-hydrogen) atoms. The molecule has 0 aliphatic carbocycles. The molecular formula is C10H11N3O. The van der Waals surface area contributed by atoms with Gasteiger partial charge in [0.25, 0.3) is 0 Å². The van der Waals surface area contributed by atoms with Crippen LogP contribution in [0.1, 0.15) is 5.56 Å². The van der Waals surface area contributed by atoms with E-state index in [0.717, 1.165) is 11.8 Å². The maximum atomic E-state index is 11.2. The molecule has 1 rings (SSSR count). The highest BCUT2D eigenvalue weighted by molar-refractivity contribution is 6.23. The molecule has 0 aromatic heterocycles. The van der Waals surface area contributed by atoms with Gasteiger partial charge in [0.15, 0.2) is 0 Å². The van der Waals surface area contributed by atoms with Crippen LogP contribution in [-0.2, 0) is 11.3 Å². The second-order valence-corrected chi connectivity index (χ2v) is 2.92. The number of amides is 1. The highest BCUT2D eigenvalue weighted by Crippen LogP contribution is 2.01. The van der Waals surface area contributed by atoms with E-state index in [1.165, 1.54) is 4.90 Å². The fraction of sp³-hybridized carbons (Fsp3) is 0.200. The molecule has 0 N–H and O–H groups in total. The predicted molar refractivity (Wildman–Crippen MR) is 52.6 cm³/mol. The first-order valence-electron chi connectivity index (χ1n) is 4.20. The van der Waals surface area contributed by atoms with Crippen LogP contribution in [0.3, 0.4) is 0 Å². The molecule has 4 heteroatoms. The number of carbonyl (C=O) groups excluding carboxylic acids is 1. The van der Waals surface area contributed by atoms with E-state index in [1.54, 1.807) is 7.05 Å². The average molecular weight is 189 g/mol. The summed E-state index contributed by atoms with van der Waals surface area (Å²) in [5.74, 6) is -0.323. The minimum Gasteiger partial charge on any atom is -0.361 e. The fourth-order valence-electron chi connectivity index (χ4n) is 1.08. The highest BCUT2D eigenvalue weighted by atomic mass is 16.2. The maximum absolute atomic E-state index is 11.2. The lowest BCUT2D eigenvalue weighted by Crippen LogP contribution is -2.27. The van der Waals surface area contributed by atoms with Gasteiger partial charge in [-0.2, -0.15) is 4.79 Å². The average Bonchev–Trinajstić information content (AvgIpc) is 2.19. The van der Waals surface area contributed by atoms with E-state index in [4.69, 9.17) is 5.53 Å². The Balaban J connectivity index is 2.61. The molecule has 1 aromatic carbocycles. The van der Waals surface area contributed by atoms with Gasteiger partial charge in [-0.05, 0) is 5.56 Å². The first kappa shape index (κ1) is 10.2. The molecule has 0 radical (unpaired) electrons. The van der Waals surface area contributed by atoms with Gasteiger partial charge in [-0.25, -0.2) is 0 Å². The predicted octanol–water partition coefficient (Wildman–Crippen LogP) is 0.946. The van der Waals surface area contributed by atoms with Crippen LogP contribution in [0.25, 0.3) is 5.53 Å². The normalized spacial score (nSPS) is 8.93. The van der Waals surface area contributed by atoms with Gasteiger partial charge < -0.3 is 10.4 Å². The lowest BCUT2D eigenvalue weighted by Gasteiger charge is -2.12. The van der Waals surface area contributed by atoms with Crippen molar-refractivity contribution in [2.45, 2.75) is 6.54 Å². The largest absolute Gasteiger partial charge is 0.361 e. The van der Waals surface area contributed by atoms with Crippen molar-refractivity contribution in [3.63, 3.8) is 0 Å². The van der Waals surface area contributed by atoms with Crippen LogP contribution in [0.5, 0.6) is 0 Å². The summed E-state index contributed by atoms with van der Waals surface area (Å²) in [5.41, 5.74) is 9.21. The van der Waals surface area contributed by atoms with Gasteiger partial charge >= 0.3 is 12.1 Å². The van der Waals surface area contributed by atoms with Crippen LogP contribution in [-0.4, -0.2) is 28.9 Å². The Morgan fingerprint density at radius 1 is 1.50 bits per heavy atom. The molecule has 72 valence electrons. The summed E-state index contributed by atoms with van der Waals surface area (Å²) in [4.78, 5) is 15.3. The van der Waals surface area contributed by atoms with Crippen molar-refractivity contribution >= 4 is 12.1 Å². The first-order valence-corrected chi connectivity index (χ1v) is 4.20. The number of rotatable bonds is 3. The molecule has 1 aromatic rings. The third-order valence-electron chi connectivity index (χ3n) is 1.81. The molecule has 0 fully saturated rings. The Morgan fingerprint density at radius 2 is 2.14 bits per heavy atom. The van der Waals surface area contributed by atoms with Crippen molar-refractivity contribution in [1.82, 2.24) is 4.90 Å². The first-order chi connectivity index (χ1) is 6.74. The highest BCUT2D eigenvalue weighted by Gasteiger charge is 2.09. The van der Waals surface area contributed by atoms with Crippen LogP contribution in [0, 0.1) is 0 Å². The Kier molecular flexibility index (Phi) is 3.58. The van der Waals surface area contributed by atoms with E-state index in [1.807, 2.05) is 30.3 Å². The van der Waals surface area contributed by atoms with Crippen LogP contribution < -0.4 is 0 Å². The number of benzene rings is 1. The smallest absolute Gasteiger partial charge is 0.344 e. The van der Waals surface area contributed by atoms with Gasteiger partial charge in [0.1, 0.15) is 0 Å². The molecule has 0 unspecified atom stereocenters. The third-order valence-corrected chi connectivity index (χ3v) is 1.81. The van der Waals surface area contributed by atoms with Crippen molar-refractivity contribution in [3.8, 4) is 0 Å². The molecule has 0 saturated carbocycles. The molecule has 4 nitrogen and oxygen atoms in total. The molecule has 0 aliphatic rings.